The first-order valence-corrected chi connectivity index (χ1v) is 6.56. The minimum Gasteiger partial charge on any atom is -0.380 e. The van der Waals surface area contributed by atoms with Gasteiger partial charge in [-0.2, -0.15) is 0 Å². The molecule has 0 saturated heterocycles. The van der Waals surface area contributed by atoms with Gasteiger partial charge in [0.25, 0.3) is 0 Å². The van der Waals surface area contributed by atoms with Gasteiger partial charge in [-0.3, -0.25) is 0 Å². The van der Waals surface area contributed by atoms with Gasteiger partial charge in [-0.25, -0.2) is 9.97 Å². The molecular formula is C14H12N2OS. The second-order valence-corrected chi connectivity index (χ2v) is 5.12. The number of hydrogen-bond donors (Lipinski definition) is 1. The maximum atomic E-state index is 10.4. The summed E-state index contributed by atoms with van der Waals surface area (Å²) < 4.78 is 1.09. The van der Waals surface area contributed by atoms with E-state index in [0.29, 0.717) is 5.82 Å². The van der Waals surface area contributed by atoms with E-state index in [9.17, 15) is 5.11 Å². The molecule has 2 heterocycles. The van der Waals surface area contributed by atoms with Crippen molar-refractivity contribution in [3.63, 3.8) is 0 Å². The van der Waals surface area contributed by atoms with Crippen LogP contribution in [-0.4, -0.2) is 15.1 Å². The van der Waals surface area contributed by atoms with E-state index in [2.05, 4.69) is 9.97 Å². The van der Waals surface area contributed by atoms with Crippen molar-refractivity contribution >= 4 is 21.4 Å². The maximum absolute atomic E-state index is 10.4. The third-order valence-electron chi connectivity index (χ3n) is 2.85. The third-order valence-corrected chi connectivity index (χ3v) is 3.83. The molecule has 3 nitrogen and oxygen atoms in total. The summed E-state index contributed by atoms with van der Waals surface area (Å²) in [5.41, 5.74) is 1.85. The number of nitrogens with zero attached hydrogens (tertiary/aromatic N) is 2. The first-order chi connectivity index (χ1) is 8.75. The molecule has 0 radical (unpaired) electrons. The monoisotopic (exact) mass is 256 g/mol. The zero-order chi connectivity index (χ0) is 12.5. The minimum atomic E-state index is -0.770. The summed E-state index contributed by atoms with van der Waals surface area (Å²) in [6, 6.07) is 7.96. The quantitative estimate of drug-likeness (QED) is 0.766. The largest absolute Gasteiger partial charge is 0.380 e. The standard InChI is InChI=1S/C14H12N2OS/c1-9-7-15-14(16-8-9)12(17)11-4-2-3-10-5-6-18-13(10)11/h2-8,12,17H,1H3. The Balaban J connectivity index is 2.08. The summed E-state index contributed by atoms with van der Waals surface area (Å²) in [5, 5.41) is 13.5. The molecule has 1 unspecified atom stereocenters. The van der Waals surface area contributed by atoms with Crippen molar-refractivity contribution in [3.05, 3.63) is 59.0 Å². The van der Waals surface area contributed by atoms with Gasteiger partial charge in [0.2, 0.25) is 0 Å². The number of benzene rings is 1. The van der Waals surface area contributed by atoms with E-state index < -0.39 is 6.10 Å². The van der Waals surface area contributed by atoms with Crippen LogP contribution in [0, 0.1) is 6.92 Å². The van der Waals surface area contributed by atoms with Gasteiger partial charge in [0.1, 0.15) is 6.10 Å². The Kier molecular flexibility index (Phi) is 2.81. The number of aliphatic hydroxyl groups excluding tert-OH is 1. The Hall–Kier alpha value is -1.78. The lowest BCUT2D eigenvalue weighted by molar-refractivity contribution is 0.211. The predicted octanol–water partition coefficient (Wildman–Crippen LogP) is 3.08. The number of hydrogen-bond acceptors (Lipinski definition) is 4. The highest BCUT2D eigenvalue weighted by atomic mass is 32.1. The molecule has 0 saturated carbocycles. The van der Waals surface area contributed by atoms with E-state index in [0.717, 1.165) is 21.2 Å². The van der Waals surface area contributed by atoms with Gasteiger partial charge in [0, 0.05) is 22.7 Å². The van der Waals surface area contributed by atoms with E-state index in [1.807, 2.05) is 36.6 Å². The van der Waals surface area contributed by atoms with Gasteiger partial charge in [-0.05, 0) is 29.3 Å². The average Bonchev–Trinajstić information content (AvgIpc) is 2.87. The highest BCUT2D eigenvalue weighted by molar-refractivity contribution is 7.17. The highest BCUT2D eigenvalue weighted by Crippen LogP contribution is 2.30. The number of aliphatic hydroxyl groups is 1. The van der Waals surface area contributed by atoms with Gasteiger partial charge in [-0.1, -0.05) is 18.2 Å². The summed E-state index contributed by atoms with van der Waals surface area (Å²) in [6.45, 7) is 1.93. The van der Waals surface area contributed by atoms with Crippen LogP contribution in [0.5, 0.6) is 0 Å². The van der Waals surface area contributed by atoms with Crippen LogP contribution in [0.1, 0.15) is 23.1 Å². The minimum absolute atomic E-state index is 0.446. The molecule has 0 spiro atoms. The molecule has 3 aromatic rings. The molecule has 0 fully saturated rings. The van der Waals surface area contributed by atoms with Crippen LogP contribution in [0.3, 0.4) is 0 Å². The second-order valence-electron chi connectivity index (χ2n) is 4.21. The fourth-order valence-electron chi connectivity index (χ4n) is 1.91. The van der Waals surface area contributed by atoms with Crippen LogP contribution in [0.15, 0.2) is 42.0 Å². The molecule has 1 aromatic carbocycles. The Morgan fingerprint density at radius 3 is 2.72 bits per heavy atom. The van der Waals surface area contributed by atoms with Crippen molar-refractivity contribution in [2.75, 3.05) is 0 Å². The molecule has 0 bridgehead atoms. The lowest BCUT2D eigenvalue weighted by atomic mass is 10.1. The van der Waals surface area contributed by atoms with E-state index in [1.165, 1.54) is 0 Å². The summed E-state index contributed by atoms with van der Waals surface area (Å²) >= 11 is 1.62. The number of aromatic nitrogens is 2. The Bertz CT molecular complexity index is 676. The Morgan fingerprint density at radius 2 is 1.94 bits per heavy atom. The molecule has 0 aliphatic carbocycles. The smallest absolute Gasteiger partial charge is 0.161 e. The average molecular weight is 256 g/mol. The molecule has 0 amide bonds. The molecule has 2 aromatic heterocycles. The SMILES string of the molecule is Cc1cnc(C(O)c2cccc3ccsc23)nc1. The van der Waals surface area contributed by atoms with Crippen molar-refractivity contribution in [1.29, 1.82) is 0 Å². The van der Waals surface area contributed by atoms with Crippen molar-refractivity contribution in [1.82, 2.24) is 9.97 Å². The number of thiophene rings is 1. The molecule has 0 aliphatic rings. The number of fused-ring (bicyclic) bond motifs is 1. The Morgan fingerprint density at radius 1 is 1.17 bits per heavy atom. The fraction of sp³-hybridized carbons (Fsp3) is 0.143. The molecule has 1 atom stereocenters. The van der Waals surface area contributed by atoms with Gasteiger partial charge < -0.3 is 5.11 Å². The van der Waals surface area contributed by atoms with Crippen molar-refractivity contribution in [2.45, 2.75) is 13.0 Å². The van der Waals surface area contributed by atoms with Gasteiger partial charge in [0.15, 0.2) is 5.82 Å². The molecule has 3 rings (SSSR count). The highest BCUT2D eigenvalue weighted by Gasteiger charge is 2.16. The van der Waals surface area contributed by atoms with E-state index in [-0.39, 0.29) is 0 Å². The lowest BCUT2D eigenvalue weighted by Gasteiger charge is -2.10. The van der Waals surface area contributed by atoms with Crippen molar-refractivity contribution < 1.29 is 5.11 Å². The molecule has 0 aliphatic heterocycles. The molecule has 4 heteroatoms. The first kappa shape index (κ1) is 11.3. The van der Waals surface area contributed by atoms with Crippen LogP contribution in [0.4, 0.5) is 0 Å². The van der Waals surface area contributed by atoms with Crippen LogP contribution in [0.25, 0.3) is 10.1 Å². The van der Waals surface area contributed by atoms with Gasteiger partial charge >= 0.3 is 0 Å². The molecular weight excluding hydrogens is 244 g/mol. The number of rotatable bonds is 2. The molecule has 90 valence electrons. The fourth-order valence-corrected chi connectivity index (χ4v) is 2.85. The van der Waals surface area contributed by atoms with Crippen molar-refractivity contribution in [2.24, 2.45) is 0 Å². The van der Waals surface area contributed by atoms with E-state index in [1.54, 1.807) is 23.7 Å². The maximum Gasteiger partial charge on any atom is 0.161 e. The zero-order valence-corrected chi connectivity index (χ0v) is 10.7. The normalized spacial score (nSPS) is 12.8. The van der Waals surface area contributed by atoms with E-state index >= 15 is 0 Å². The second kappa shape index (κ2) is 4.48. The zero-order valence-electron chi connectivity index (χ0n) is 9.87. The number of aryl methyl sites for hydroxylation is 1. The summed E-state index contributed by atoms with van der Waals surface area (Å²) in [7, 11) is 0. The van der Waals surface area contributed by atoms with Crippen LogP contribution < -0.4 is 0 Å². The summed E-state index contributed by atoms with van der Waals surface area (Å²) in [6.07, 6.45) is 2.67. The van der Waals surface area contributed by atoms with Gasteiger partial charge in [-0.15, -0.1) is 11.3 Å². The first-order valence-electron chi connectivity index (χ1n) is 5.68. The third kappa shape index (κ3) is 1.89. The van der Waals surface area contributed by atoms with E-state index in [4.69, 9.17) is 0 Å². The van der Waals surface area contributed by atoms with Crippen LogP contribution in [-0.2, 0) is 0 Å². The molecule has 1 N–H and O–H groups in total. The summed E-state index contributed by atoms with van der Waals surface area (Å²) in [4.78, 5) is 8.38. The lowest BCUT2D eigenvalue weighted by Crippen LogP contribution is -2.05. The topological polar surface area (TPSA) is 46.0 Å². The summed E-state index contributed by atoms with van der Waals surface area (Å²) in [5.74, 6) is 0.446. The molecule has 18 heavy (non-hydrogen) atoms. The van der Waals surface area contributed by atoms with Crippen LogP contribution in [0.2, 0.25) is 0 Å². The Labute approximate surface area is 109 Å². The predicted molar refractivity (Wildman–Crippen MR) is 72.7 cm³/mol. The van der Waals surface area contributed by atoms with Crippen molar-refractivity contribution in [3.8, 4) is 0 Å². The van der Waals surface area contributed by atoms with Crippen LogP contribution >= 0.6 is 11.3 Å². The van der Waals surface area contributed by atoms with Gasteiger partial charge in [0.05, 0.1) is 0 Å².